The van der Waals surface area contributed by atoms with Gasteiger partial charge in [0.2, 0.25) is 6.41 Å². The molecule has 0 spiro atoms. The van der Waals surface area contributed by atoms with E-state index in [0.717, 1.165) is 18.6 Å². The van der Waals surface area contributed by atoms with Crippen molar-refractivity contribution in [1.82, 2.24) is 5.32 Å². The van der Waals surface area contributed by atoms with Gasteiger partial charge in [0.05, 0.1) is 19.3 Å². The van der Waals surface area contributed by atoms with Gasteiger partial charge in [-0.15, -0.1) is 0 Å². The molecule has 2 aliphatic rings. The minimum Gasteiger partial charge on any atom is -0.370 e. The lowest BCUT2D eigenvalue weighted by Crippen LogP contribution is -2.49. The van der Waals surface area contributed by atoms with E-state index in [1.165, 1.54) is 32.1 Å². The maximum absolute atomic E-state index is 11.1. The van der Waals surface area contributed by atoms with Gasteiger partial charge in [-0.3, -0.25) is 4.79 Å². The Morgan fingerprint density at radius 2 is 1.95 bits per heavy atom. The Balaban J connectivity index is 1.65. The number of epoxide rings is 1. The molecule has 1 N–H and O–H groups in total. The summed E-state index contributed by atoms with van der Waals surface area (Å²) in [7, 11) is 0. The highest BCUT2D eigenvalue weighted by Gasteiger charge is 2.42. The lowest BCUT2D eigenvalue weighted by atomic mass is 9.81. The van der Waals surface area contributed by atoms with Gasteiger partial charge in [-0.05, 0) is 24.3 Å². The predicted molar refractivity (Wildman–Crippen MR) is 84.3 cm³/mol. The molecule has 0 radical (unpaired) electrons. The Hall–Kier alpha value is -1.39. The van der Waals surface area contributed by atoms with Gasteiger partial charge in [-0.1, -0.05) is 49.6 Å². The number of carbonyl (C=O) groups is 1. The number of hydrogen-bond acceptors (Lipinski definition) is 3. The standard InChI is InChI=1S/C18H25NO3/c20-13-19-17(15-9-5-2-6-10-15)18(16-12-21-16)22-11-14-7-3-1-4-8-14/h1,3-4,7-8,13,15-18H,2,5-6,9-12H2,(H,19,20). The van der Waals surface area contributed by atoms with Crippen LogP contribution in [0.5, 0.6) is 0 Å². The number of rotatable bonds is 8. The molecule has 3 rings (SSSR count). The predicted octanol–water partition coefficient (Wildman–Crippen LogP) is 2.67. The van der Waals surface area contributed by atoms with Crippen LogP contribution in [0.4, 0.5) is 0 Å². The van der Waals surface area contributed by atoms with Gasteiger partial charge in [0, 0.05) is 0 Å². The average Bonchev–Trinajstić information content (AvgIpc) is 3.41. The summed E-state index contributed by atoms with van der Waals surface area (Å²) >= 11 is 0. The van der Waals surface area contributed by atoms with E-state index in [1.807, 2.05) is 18.2 Å². The van der Waals surface area contributed by atoms with Crippen molar-refractivity contribution in [2.75, 3.05) is 6.61 Å². The Kier molecular flexibility index (Phi) is 5.46. The quantitative estimate of drug-likeness (QED) is 0.593. The third-order valence-electron chi connectivity index (χ3n) is 4.78. The van der Waals surface area contributed by atoms with E-state index in [-0.39, 0.29) is 18.2 Å². The minimum absolute atomic E-state index is 0.0477. The molecular weight excluding hydrogens is 278 g/mol. The van der Waals surface area contributed by atoms with Crippen molar-refractivity contribution in [2.24, 2.45) is 5.92 Å². The van der Waals surface area contributed by atoms with Crippen LogP contribution in [0, 0.1) is 5.92 Å². The molecule has 1 heterocycles. The van der Waals surface area contributed by atoms with Crippen LogP contribution in [0.25, 0.3) is 0 Å². The van der Waals surface area contributed by atoms with Gasteiger partial charge in [0.15, 0.2) is 0 Å². The van der Waals surface area contributed by atoms with Crippen LogP contribution < -0.4 is 5.32 Å². The molecule has 1 aliphatic carbocycles. The zero-order valence-electron chi connectivity index (χ0n) is 12.9. The monoisotopic (exact) mass is 303 g/mol. The molecule has 3 atom stereocenters. The van der Waals surface area contributed by atoms with E-state index in [9.17, 15) is 4.79 Å². The average molecular weight is 303 g/mol. The summed E-state index contributed by atoms with van der Waals surface area (Å²) < 4.78 is 11.7. The Labute approximate surface area is 132 Å². The molecular formula is C18H25NO3. The maximum Gasteiger partial charge on any atom is 0.207 e. The number of ether oxygens (including phenoxy) is 2. The molecule has 1 aliphatic heterocycles. The number of hydrogen-bond donors (Lipinski definition) is 1. The lowest BCUT2D eigenvalue weighted by Gasteiger charge is -2.34. The van der Waals surface area contributed by atoms with Crippen LogP contribution >= 0.6 is 0 Å². The Morgan fingerprint density at radius 1 is 1.23 bits per heavy atom. The SMILES string of the molecule is O=CNC(C1CCCCC1)C(OCc1ccccc1)C1CO1. The van der Waals surface area contributed by atoms with Crippen LogP contribution in [-0.2, 0) is 20.9 Å². The molecule has 22 heavy (non-hydrogen) atoms. The summed E-state index contributed by atoms with van der Waals surface area (Å²) in [4.78, 5) is 11.1. The highest BCUT2D eigenvalue weighted by Crippen LogP contribution is 2.32. The number of benzene rings is 1. The zero-order chi connectivity index (χ0) is 15.2. The fraction of sp³-hybridized carbons (Fsp3) is 0.611. The fourth-order valence-corrected chi connectivity index (χ4v) is 3.53. The molecule has 4 nitrogen and oxygen atoms in total. The van der Waals surface area contributed by atoms with Crippen molar-refractivity contribution >= 4 is 6.41 Å². The molecule has 0 bridgehead atoms. The van der Waals surface area contributed by atoms with Crippen molar-refractivity contribution in [3.05, 3.63) is 35.9 Å². The third kappa shape index (κ3) is 4.08. The van der Waals surface area contributed by atoms with Crippen molar-refractivity contribution in [2.45, 2.75) is 57.0 Å². The molecule has 0 aromatic heterocycles. The van der Waals surface area contributed by atoms with Gasteiger partial charge >= 0.3 is 0 Å². The molecule has 1 saturated heterocycles. The highest BCUT2D eigenvalue weighted by atomic mass is 16.6. The fourth-order valence-electron chi connectivity index (χ4n) is 3.53. The zero-order valence-corrected chi connectivity index (χ0v) is 12.9. The van der Waals surface area contributed by atoms with Crippen molar-refractivity contribution in [3.8, 4) is 0 Å². The summed E-state index contributed by atoms with van der Waals surface area (Å²) in [5.41, 5.74) is 1.15. The summed E-state index contributed by atoms with van der Waals surface area (Å²) in [6.45, 7) is 1.30. The first kappa shape index (κ1) is 15.5. The first-order chi connectivity index (χ1) is 10.9. The maximum atomic E-state index is 11.1. The minimum atomic E-state index is -0.0477. The van der Waals surface area contributed by atoms with Crippen LogP contribution in [0.3, 0.4) is 0 Å². The van der Waals surface area contributed by atoms with Crippen molar-refractivity contribution in [3.63, 3.8) is 0 Å². The second-order valence-corrected chi connectivity index (χ2v) is 6.34. The smallest absolute Gasteiger partial charge is 0.207 e. The Morgan fingerprint density at radius 3 is 2.59 bits per heavy atom. The summed E-state index contributed by atoms with van der Waals surface area (Å²) in [5, 5.41) is 3.02. The normalized spacial score (nSPS) is 24.5. The summed E-state index contributed by atoms with van der Waals surface area (Å²) in [6.07, 6.45) is 7.04. The second kappa shape index (κ2) is 7.75. The largest absolute Gasteiger partial charge is 0.370 e. The van der Waals surface area contributed by atoms with Gasteiger partial charge in [0.25, 0.3) is 0 Å². The van der Waals surface area contributed by atoms with E-state index >= 15 is 0 Å². The molecule has 3 unspecified atom stereocenters. The van der Waals surface area contributed by atoms with Crippen molar-refractivity contribution < 1.29 is 14.3 Å². The topological polar surface area (TPSA) is 50.9 Å². The molecule has 1 aromatic rings. The number of carbonyl (C=O) groups excluding carboxylic acids is 1. The highest BCUT2D eigenvalue weighted by molar-refractivity contribution is 5.47. The lowest BCUT2D eigenvalue weighted by molar-refractivity contribution is -0.112. The van der Waals surface area contributed by atoms with E-state index in [1.54, 1.807) is 0 Å². The molecule has 2 fully saturated rings. The van der Waals surface area contributed by atoms with E-state index in [0.29, 0.717) is 12.5 Å². The first-order valence-corrected chi connectivity index (χ1v) is 8.35. The summed E-state index contributed by atoms with van der Waals surface area (Å²) in [6, 6.07) is 10.2. The van der Waals surface area contributed by atoms with E-state index < -0.39 is 0 Å². The molecule has 1 aromatic carbocycles. The second-order valence-electron chi connectivity index (χ2n) is 6.34. The molecule has 120 valence electrons. The molecule has 1 saturated carbocycles. The summed E-state index contributed by atoms with van der Waals surface area (Å²) in [5.74, 6) is 0.504. The van der Waals surface area contributed by atoms with Crippen LogP contribution in [-0.4, -0.2) is 31.3 Å². The third-order valence-corrected chi connectivity index (χ3v) is 4.78. The van der Waals surface area contributed by atoms with Gasteiger partial charge in [-0.2, -0.15) is 0 Å². The van der Waals surface area contributed by atoms with Gasteiger partial charge in [0.1, 0.15) is 12.2 Å². The van der Waals surface area contributed by atoms with Crippen LogP contribution in [0.1, 0.15) is 37.7 Å². The Bertz CT molecular complexity index is 455. The molecule has 4 heteroatoms. The number of amides is 1. The van der Waals surface area contributed by atoms with Gasteiger partial charge in [-0.25, -0.2) is 0 Å². The number of nitrogens with one attached hydrogen (secondary N) is 1. The van der Waals surface area contributed by atoms with E-state index in [2.05, 4.69) is 17.4 Å². The van der Waals surface area contributed by atoms with Crippen LogP contribution in [0.2, 0.25) is 0 Å². The molecule has 1 amide bonds. The van der Waals surface area contributed by atoms with E-state index in [4.69, 9.17) is 9.47 Å². The van der Waals surface area contributed by atoms with Crippen LogP contribution in [0.15, 0.2) is 30.3 Å². The van der Waals surface area contributed by atoms with Crippen molar-refractivity contribution in [1.29, 1.82) is 0 Å². The first-order valence-electron chi connectivity index (χ1n) is 8.35. The van der Waals surface area contributed by atoms with Gasteiger partial charge < -0.3 is 14.8 Å².